The van der Waals surface area contributed by atoms with Crippen molar-refractivity contribution in [3.63, 3.8) is 0 Å². The third-order valence-corrected chi connectivity index (χ3v) is 4.29. The summed E-state index contributed by atoms with van der Waals surface area (Å²) >= 11 is 11.5. The average Bonchev–Trinajstić information content (AvgIpc) is 2.43. The van der Waals surface area contributed by atoms with Gasteiger partial charge in [-0.2, -0.15) is 13.2 Å². The van der Waals surface area contributed by atoms with Crippen LogP contribution in [0.1, 0.15) is 25.7 Å². The van der Waals surface area contributed by atoms with Crippen LogP contribution in [0.3, 0.4) is 0 Å². The molecule has 0 spiro atoms. The number of nitrogens with zero attached hydrogens (tertiary/aromatic N) is 2. The maximum atomic E-state index is 12.6. The predicted octanol–water partition coefficient (Wildman–Crippen LogP) is 4.09. The van der Waals surface area contributed by atoms with Gasteiger partial charge < -0.3 is 5.32 Å². The Morgan fingerprint density at radius 1 is 1.19 bits per heavy atom. The number of rotatable bonds is 2. The smallest absolute Gasteiger partial charge is 0.309 e. The summed E-state index contributed by atoms with van der Waals surface area (Å²) in [4.78, 5) is 19.5. The SMILES string of the molecule is O=C(Nc1ncnc(Cl)c1Cl)C1CCC(C(F)(F)F)CC1. The second kappa shape index (κ2) is 6.36. The van der Waals surface area contributed by atoms with E-state index in [-0.39, 0.29) is 41.7 Å². The third kappa shape index (κ3) is 3.97. The summed E-state index contributed by atoms with van der Waals surface area (Å²) in [5, 5.41) is 2.50. The number of carbonyl (C=O) groups is 1. The van der Waals surface area contributed by atoms with Crippen LogP contribution < -0.4 is 5.32 Å². The lowest BCUT2D eigenvalue weighted by molar-refractivity contribution is -0.184. The Kier molecular flexibility index (Phi) is 4.93. The van der Waals surface area contributed by atoms with E-state index in [0.29, 0.717) is 0 Å². The van der Waals surface area contributed by atoms with E-state index in [1.807, 2.05) is 0 Å². The number of hydrogen-bond acceptors (Lipinski definition) is 3. The molecule has 1 saturated carbocycles. The molecule has 1 aromatic heterocycles. The Hall–Kier alpha value is -1.08. The van der Waals surface area contributed by atoms with Gasteiger partial charge in [0.25, 0.3) is 0 Å². The molecule has 1 aromatic rings. The molecule has 0 unspecified atom stereocenters. The summed E-state index contributed by atoms with van der Waals surface area (Å²) in [6.07, 6.45) is -2.76. The van der Waals surface area contributed by atoms with Crippen LogP contribution in [-0.2, 0) is 4.79 Å². The van der Waals surface area contributed by atoms with E-state index in [0.717, 1.165) is 6.33 Å². The van der Waals surface area contributed by atoms with Crippen molar-refractivity contribution in [3.05, 3.63) is 16.5 Å². The third-order valence-electron chi connectivity index (χ3n) is 3.55. The van der Waals surface area contributed by atoms with Crippen LogP contribution in [0, 0.1) is 11.8 Å². The maximum absolute atomic E-state index is 12.6. The molecule has 0 aromatic carbocycles. The lowest BCUT2D eigenvalue weighted by atomic mass is 9.81. The minimum absolute atomic E-state index is 0.00254. The first-order chi connectivity index (χ1) is 9.79. The topological polar surface area (TPSA) is 54.9 Å². The zero-order chi connectivity index (χ0) is 15.6. The second-order valence-electron chi connectivity index (χ2n) is 4.91. The number of amides is 1. The van der Waals surface area contributed by atoms with Crippen LogP contribution in [0.4, 0.5) is 19.0 Å². The highest BCUT2D eigenvalue weighted by Crippen LogP contribution is 2.39. The number of hydrogen-bond donors (Lipinski definition) is 1. The van der Waals surface area contributed by atoms with Crippen molar-refractivity contribution in [2.24, 2.45) is 11.8 Å². The van der Waals surface area contributed by atoms with Gasteiger partial charge in [-0.3, -0.25) is 4.79 Å². The minimum Gasteiger partial charge on any atom is -0.309 e. The van der Waals surface area contributed by atoms with Crippen molar-refractivity contribution in [1.82, 2.24) is 9.97 Å². The van der Waals surface area contributed by atoms with Crippen LogP contribution >= 0.6 is 23.2 Å². The van der Waals surface area contributed by atoms with Crippen LogP contribution in [0.15, 0.2) is 6.33 Å². The summed E-state index contributed by atoms with van der Waals surface area (Å²) in [5.41, 5.74) is 0. The Labute approximate surface area is 129 Å². The Bertz CT molecular complexity index is 531. The summed E-state index contributed by atoms with van der Waals surface area (Å²) in [7, 11) is 0. The Morgan fingerprint density at radius 3 is 2.38 bits per heavy atom. The van der Waals surface area contributed by atoms with Crippen molar-refractivity contribution in [1.29, 1.82) is 0 Å². The zero-order valence-corrected chi connectivity index (χ0v) is 12.3. The van der Waals surface area contributed by atoms with Crippen LogP contribution in [0.25, 0.3) is 0 Å². The van der Waals surface area contributed by atoms with Gasteiger partial charge in [-0.1, -0.05) is 23.2 Å². The van der Waals surface area contributed by atoms with Gasteiger partial charge in [0.1, 0.15) is 11.3 Å². The number of alkyl halides is 3. The zero-order valence-electron chi connectivity index (χ0n) is 10.8. The Morgan fingerprint density at radius 2 is 1.81 bits per heavy atom. The van der Waals surface area contributed by atoms with E-state index in [1.165, 1.54) is 0 Å². The fourth-order valence-corrected chi connectivity index (χ4v) is 2.62. The maximum Gasteiger partial charge on any atom is 0.391 e. The minimum atomic E-state index is -4.19. The molecule has 21 heavy (non-hydrogen) atoms. The summed E-state index contributed by atoms with van der Waals surface area (Å²) < 4.78 is 37.7. The molecule has 0 aliphatic heterocycles. The highest BCUT2D eigenvalue weighted by atomic mass is 35.5. The quantitative estimate of drug-likeness (QED) is 0.824. The van der Waals surface area contributed by atoms with Crippen LogP contribution in [-0.4, -0.2) is 22.1 Å². The monoisotopic (exact) mass is 341 g/mol. The molecule has 0 bridgehead atoms. The highest BCUT2D eigenvalue weighted by Gasteiger charge is 2.42. The van der Waals surface area contributed by atoms with Gasteiger partial charge in [0.15, 0.2) is 11.0 Å². The van der Waals surface area contributed by atoms with Gasteiger partial charge in [-0.25, -0.2) is 9.97 Å². The lowest BCUT2D eigenvalue weighted by Gasteiger charge is -2.29. The molecule has 1 N–H and O–H groups in total. The molecular formula is C12H12Cl2F3N3O. The number of halogens is 5. The fraction of sp³-hybridized carbons (Fsp3) is 0.583. The molecule has 1 heterocycles. The first kappa shape index (κ1) is 16.3. The van der Waals surface area contributed by atoms with Gasteiger partial charge in [0.2, 0.25) is 5.91 Å². The standard InChI is InChI=1S/C12H12Cl2F3N3O/c13-8-9(14)18-5-19-10(8)20-11(21)6-1-3-7(4-2-6)12(15,16)17/h5-7H,1-4H2,(H,18,19,20,21). The van der Waals surface area contributed by atoms with Gasteiger partial charge in [-0.15, -0.1) is 0 Å². The molecule has 4 nitrogen and oxygen atoms in total. The van der Waals surface area contributed by atoms with Crippen LogP contribution in [0.5, 0.6) is 0 Å². The molecule has 9 heteroatoms. The van der Waals surface area contributed by atoms with Crippen molar-refractivity contribution >= 4 is 34.9 Å². The molecular weight excluding hydrogens is 330 g/mol. The molecule has 0 atom stereocenters. The van der Waals surface area contributed by atoms with Crippen molar-refractivity contribution < 1.29 is 18.0 Å². The molecule has 1 amide bonds. The van der Waals surface area contributed by atoms with E-state index < -0.39 is 23.9 Å². The summed E-state index contributed by atoms with van der Waals surface area (Å²) in [6.45, 7) is 0. The largest absolute Gasteiger partial charge is 0.391 e. The molecule has 1 fully saturated rings. The van der Waals surface area contributed by atoms with Gasteiger partial charge in [-0.05, 0) is 25.7 Å². The van der Waals surface area contributed by atoms with Crippen LogP contribution in [0.2, 0.25) is 10.2 Å². The molecule has 1 aliphatic rings. The molecule has 0 radical (unpaired) electrons. The predicted molar refractivity (Wildman–Crippen MR) is 72.2 cm³/mol. The molecule has 116 valence electrons. The molecule has 0 saturated heterocycles. The normalized spacial score (nSPS) is 22.9. The summed E-state index contributed by atoms with van der Waals surface area (Å²) in [6, 6.07) is 0. The first-order valence-electron chi connectivity index (χ1n) is 6.32. The number of carbonyl (C=O) groups excluding carboxylic acids is 1. The number of aromatic nitrogens is 2. The lowest BCUT2D eigenvalue weighted by Crippen LogP contribution is -2.32. The van der Waals surface area contributed by atoms with Crippen molar-refractivity contribution in [2.75, 3.05) is 5.32 Å². The van der Waals surface area contributed by atoms with E-state index in [1.54, 1.807) is 0 Å². The van der Waals surface area contributed by atoms with Crippen molar-refractivity contribution in [3.8, 4) is 0 Å². The van der Waals surface area contributed by atoms with E-state index >= 15 is 0 Å². The molecule has 1 aliphatic carbocycles. The second-order valence-corrected chi connectivity index (χ2v) is 5.64. The Balaban J connectivity index is 1.95. The van der Waals surface area contributed by atoms with E-state index in [2.05, 4.69) is 15.3 Å². The first-order valence-corrected chi connectivity index (χ1v) is 7.08. The van der Waals surface area contributed by atoms with Gasteiger partial charge in [0, 0.05) is 5.92 Å². The van der Waals surface area contributed by atoms with Gasteiger partial charge >= 0.3 is 6.18 Å². The van der Waals surface area contributed by atoms with Crippen molar-refractivity contribution in [2.45, 2.75) is 31.9 Å². The number of nitrogens with one attached hydrogen (secondary N) is 1. The summed E-state index contributed by atoms with van der Waals surface area (Å²) in [5.74, 6) is -2.13. The van der Waals surface area contributed by atoms with Gasteiger partial charge in [0.05, 0.1) is 5.92 Å². The number of anilines is 1. The average molecular weight is 342 g/mol. The highest BCUT2D eigenvalue weighted by molar-refractivity contribution is 6.42. The van der Waals surface area contributed by atoms with E-state index in [9.17, 15) is 18.0 Å². The fourth-order valence-electron chi connectivity index (χ4n) is 2.34. The molecule has 2 rings (SSSR count). The van der Waals surface area contributed by atoms with E-state index in [4.69, 9.17) is 23.2 Å².